The molecule has 3 rings (SSSR count). The number of ether oxygens (including phenoxy) is 1. The first-order valence-corrected chi connectivity index (χ1v) is 7.62. The van der Waals surface area contributed by atoms with Crippen LogP contribution in [0.5, 0.6) is 0 Å². The van der Waals surface area contributed by atoms with Gasteiger partial charge in [-0.05, 0) is 18.6 Å². The smallest absolute Gasteiger partial charge is 0.340 e. The highest BCUT2D eigenvalue weighted by molar-refractivity contribution is 6.10. The second kappa shape index (κ2) is 6.68. The van der Waals surface area contributed by atoms with E-state index in [-0.39, 0.29) is 5.78 Å². The number of aromatic nitrogens is 1. The number of hydrogen-bond acceptors (Lipinski definition) is 4. The summed E-state index contributed by atoms with van der Waals surface area (Å²) in [6.45, 7) is 1.50. The molecule has 122 valence electrons. The summed E-state index contributed by atoms with van der Waals surface area (Å²) in [6.07, 6.45) is -0.801. The van der Waals surface area contributed by atoms with Crippen LogP contribution in [-0.4, -0.2) is 27.9 Å². The summed E-state index contributed by atoms with van der Waals surface area (Å²) in [4.78, 5) is 27.6. The molecule has 1 heterocycles. The summed E-state index contributed by atoms with van der Waals surface area (Å²) < 4.78 is 5.15. The van der Waals surface area contributed by atoms with Crippen molar-refractivity contribution in [3.8, 4) is 0 Å². The normalized spacial score (nSPS) is 13.4. The summed E-state index contributed by atoms with van der Waals surface area (Å²) in [6, 6.07) is 15.9. The maximum atomic E-state index is 12.5. The SMILES string of the molecule is C[C@@H](OC(=O)[C@H](O)c1ccccc1)C(=O)c1c[nH]c2ccccc12. The lowest BCUT2D eigenvalue weighted by molar-refractivity contribution is -0.156. The number of hydrogen-bond donors (Lipinski definition) is 2. The Kier molecular flexibility index (Phi) is 4.44. The van der Waals surface area contributed by atoms with E-state index in [0.717, 1.165) is 10.9 Å². The van der Waals surface area contributed by atoms with Crippen LogP contribution in [0.3, 0.4) is 0 Å². The van der Waals surface area contributed by atoms with Gasteiger partial charge in [0.25, 0.3) is 0 Å². The number of aromatic amines is 1. The highest BCUT2D eigenvalue weighted by Gasteiger charge is 2.26. The van der Waals surface area contributed by atoms with Gasteiger partial charge >= 0.3 is 5.97 Å². The molecule has 3 aromatic rings. The predicted molar refractivity (Wildman–Crippen MR) is 89.6 cm³/mol. The molecule has 2 N–H and O–H groups in total. The number of rotatable bonds is 5. The van der Waals surface area contributed by atoms with Crippen molar-refractivity contribution >= 4 is 22.7 Å². The highest BCUT2D eigenvalue weighted by Crippen LogP contribution is 2.21. The second-order valence-corrected chi connectivity index (χ2v) is 5.50. The van der Waals surface area contributed by atoms with Crippen molar-refractivity contribution in [1.29, 1.82) is 0 Å². The van der Waals surface area contributed by atoms with Crippen molar-refractivity contribution in [2.75, 3.05) is 0 Å². The van der Waals surface area contributed by atoms with Gasteiger partial charge in [0.05, 0.1) is 0 Å². The van der Waals surface area contributed by atoms with Crippen LogP contribution in [0.2, 0.25) is 0 Å². The number of nitrogens with one attached hydrogen (secondary N) is 1. The third kappa shape index (κ3) is 3.07. The molecule has 0 saturated heterocycles. The Morgan fingerprint density at radius 3 is 2.46 bits per heavy atom. The van der Waals surface area contributed by atoms with Crippen LogP contribution in [0, 0.1) is 0 Å². The van der Waals surface area contributed by atoms with Crippen molar-refractivity contribution in [2.24, 2.45) is 0 Å². The molecule has 0 radical (unpaired) electrons. The monoisotopic (exact) mass is 323 g/mol. The number of esters is 1. The topological polar surface area (TPSA) is 79.4 Å². The fourth-order valence-electron chi connectivity index (χ4n) is 2.56. The molecule has 0 unspecified atom stereocenters. The average molecular weight is 323 g/mol. The molecule has 0 saturated carbocycles. The molecule has 5 heteroatoms. The highest BCUT2D eigenvalue weighted by atomic mass is 16.6. The number of Topliss-reactive ketones (excluding diaryl/α,β-unsaturated/α-hetero) is 1. The Hall–Kier alpha value is -2.92. The summed E-state index contributed by atoms with van der Waals surface area (Å²) in [7, 11) is 0. The summed E-state index contributed by atoms with van der Waals surface area (Å²) in [5.74, 6) is -1.16. The minimum atomic E-state index is -1.41. The van der Waals surface area contributed by atoms with E-state index in [9.17, 15) is 14.7 Å². The minimum absolute atomic E-state index is 0.318. The van der Waals surface area contributed by atoms with Crippen LogP contribution in [0.4, 0.5) is 0 Å². The molecule has 0 amide bonds. The van der Waals surface area contributed by atoms with Gasteiger partial charge in [0.15, 0.2) is 12.2 Å². The molecule has 2 atom stereocenters. The standard InChI is InChI=1S/C19H17NO4/c1-12(24-19(23)18(22)13-7-3-2-4-8-13)17(21)15-11-20-16-10-6-5-9-14(15)16/h2-12,18,20,22H,1H3/t12-,18-/m1/s1. The van der Waals surface area contributed by atoms with E-state index in [1.165, 1.54) is 6.92 Å². The van der Waals surface area contributed by atoms with Gasteiger partial charge < -0.3 is 14.8 Å². The summed E-state index contributed by atoms with van der Waals surface area (Å²) in [5.41, 5.74) is 1.72. The Bertz CT molecular complexity index is 869. The van der Waals surface area contributed by atoms with E-state index in [2.05, 4.69) is 4.98 Å². The molecular weight excluding hydrogens is 306 g/mol. The van der Waals surface area contributed by atoms with Crippen LogP contribution >= 0.6 is 0 Å². The van der Waals surface area contributed by atoms with Crippen molar-refractivity contribution < 1.29 is 19.4 Å². The van der Waals surface area contributed by atoms with Crippen LogP contribution < -0.4 is 0 Å². The maximum absolute atomic E-state index is 12.5. The number of aliphatic hydroxyl groups excluding tert-OH is 1. The fraction of sp³-hybridized carbons (Fsp3) is 0.158. The average Bonchev–Trinajstić information content (AvgIpc) is 3.05. The quantitative estimate of drug-likeness (QED) is 0.559. The maximum Gasteiger partial charge on any atom is 0.340 e. The van der Waals surface area contributed by atoms with Crippen molar-refractivity contribution in [1.82, 2.24) is 4.98 Å². The number of fused-ring (bicyclic) bond motifs is 1. The van der Waals surface area contributed by atoms with E-state index in [1.54, 1.807) is 36.5 Å². The van der Waals surface area contributed by atoms with E-state index in [0.29, 0.717) is 11.1 Å². The first-order chi connectivity index (χ1) is 11.6. The van der Waals surface area contributed by atoms with Gasteiger partial charge in [0, 0.05) is 22.7 Å². The second-order valence-electron chi connectivity index (χ2n) is 5.50. The Morgan fingerprint density at radius 2 is 1.71 bits per heavy atom. The molecule has 0 fully saturated rings. The zero-order valence-corrected chi connectivity index (χ0v) is 13.1. The molecular formula is C19H17NO4. The number of ketones is 1. The van der Waals surface area contributed by atoms with Gasteiger partial charge in [-0.25, -0.2) is 4.79 Å². The van der Waals surface area contributed by atoms with E-state index < -0.39 is 18.2 Å². The van der Waals surface area contributed by atoms with Gasteiger partial charge in [-0.3, -0.25) is 4.79 Å². The largest absolute Gasteiger partial charge is 0.452 e. The summed E-state index contributed by atoms with van der Waals surface area (Å²) in [5, 5.41) is 10.8. The van der Waals surface area contributed by atoms with Crippen LogP contribution in [0.1, 0.15) is 28.9 Å². The van der Waals surface area contributed by atoms with E-state index in [4.69, 9.17) is 4.74 Å². The lowest BCUT2D eigenvalue weighted by Gasteiger charge is -2.15. The van der Waals surface area contributed by atoms with Crippen LogP contribution in [-0.2, 0) is 9.53 Å². The zero-order valence-electron chi connectivity index (χ0n) is 13.1. The third-order valence-corrected chi connectivity index (χ3v) is 3.86. The van der Waals surface area contributed by atoms with Gasteiger partial charge in [0.1, 0.15) is 0 Å². The molecule has 1 aromatic heterocycles. The summed E-state index contributed by atoms with van der Waals surface area (Å²) >= 11 is 0. The zero-order chi connectivity index (χ0) is 17.1. The van der Waals surface area contributed by atoms with Gasteiger partial charge in [-0.1, -0.05) is 48.5 Å². The third-order valence-electron chi connectivity index (χ3n) is 3.86. The Balaban J connectivity index is 1.73. The first kappa shape index (κ1) is 16.0. The Labute approximate surface area is 138 Å². The number of H-pyrrole nitrogens is 1. The van der Waals surface area contributed by atoms with E-state index in [1.807, 2.05) is 24.3 Å². The van der Waals surface area contributed by atoms with Crippen molar-refractivity contribution in [2.45, 2.75) is 19.1 Å². The molecule has 0 aliphatic heterocycles. The van der Waals surface area contributed by atoms with Crippen molar-refractivity contribution in [3.05, 3.63) is 71.9 Å². The molecule has 5 nitrogen and oxygen atoms in total. The van der Waals surface area contributed by atoms with Gasteiger partial charge in [-0.15, -0.1) is 0 Å². The van der Waals surface area contributed by atoms with E-state index >= 15 is 0 Å². The Morgan fingerprint density at radius 1 is 1.04 bits per heavy atom. The van der Waals surface area contributed by atoms with Gasteiger partial charge in [-0.2, -0.15) is 0 Å². The van der Waals surface area contributed by atoms with Gasteiger partial charge in [0.2, 0.25) is 5.78 Å². The molecule has 0 aliphatic rings. The minimum Gasteiger partial charge on any atom is -0.452 e. The molecule has 24 heavy (non-hydrogen) atoms. The lowest BCUT2D eigenvalue weighted by atomic mass is 10.1. The number of para-hydroxylation sites is 1. The van der Waals surface area contributed by atoms with Crippen LogP contribution in [0.15, 0.2) is 60.8 Å². The fourth-order valence-corrected chi connectivity index (χ4v) is 2.56. The molecule has 2 aromatic carbocycles. The molecule has 0 spiro atoms. The number of carbonyl (C=O) groups is 2. The molecule has 0 bridgehead atoms. The van der Waals surface area contributed by atoms with Crippen LogP contribution in [0.25, 0.3) is 10.9 Å². The lowest BCUT2D eigenvalue weighted by Crippen LogP contribution is -2.27. The first-order valence-electron chi connectivity index (χ1n) is 7.62. The van der Waals surface area contributed by atoms with Crippen molar-refractivity contribution in [3.63, 3.8) is 0 Å². The number of aliphatic hydroxyl groups is 1. The predicted octanol–water partition coefficient (Wildman–Crippen LogP) is 3.02. The molecule has 0 aliphatic carbocycles. The number of carbonyl (C=O) groups excluding carboxylic acids is 2. The number of benzene rings is 2.